The van der Waals surface area contributed by atoms with E-state index in [9.17, 15) is 0 Å². The molecule has 0 radical (unpaired) electrons. The summed E-state index contributed by atoms with van der Waals surface area (Å²) in [5, 5.41) is 5.18. The molecule has 4 heteroatoms. The predicted molar refractivity (Wildman–Crippen MR) is 73.1 cm³/mol. The molecule has 0 aliphatic carbocycles. The quantitative estimate of drug-likeness (QED) is 0.884. The molecule has 0 atom stereocenters. The van der Waals surface area contributed by atoms with Crippen molar-refractivity contribution in [1.82, 2.24) is 5.32 Å². The van der Waals surface area contributed by atoms with E-state index >= 15 is 0 Å². The van der Waals surface area contributed by atoms with Gasteiger partial charge in [-0.05, 0) is 25.1 Å². The van der Waals surface area contributed by atoms with Crippen LogP contribution in [0.3, 0.4) is 0 Å². The SMILES string of the molecule is CNCc1oc2c(Cl)c(Cl)ccc2c1C(C)C. The normalized spacial score (nSPS) is 11.6. The Morgan fingerprint density at radius 3 is 2.59 bits per heavy atom. The molecule has 2 aromatic rings. The maximum absolute atomic E-state index is 6.17. The van der Waals surface area contributed by atoms with Gasteiger partial charge in [0, 0.05) is 10.9 Å². The van der Waals surface area contributed by atoms with E-state index in [1.165, 1.54) is 5.56 Å². The van der Waals surface area contributed by atoms with Crippen LogP contribution in [0.1, 0.15) is 31.1 Å². The van der Waals surface area contributed by atoms with Gasteiger partial charge in [0.25, 0.3) is 0 Å². The molecule has 0 fully saturated rings. The Labute approximate surface area is 111 Å². The molecule has 1 aromatic heterocycles. The average molecular weight is 272 g/mol. The van der Waals surface area contributed by atoms with E-state index in [0.717, 1.165) is 11.1 Å². The fourth-order valence-corrected chi connectivity index (χ4v) is 2.45. The molecule has 0 amide bonds. The zero-order chi connectivity index (χ0) is 12.6. The largest absolute Gasteiger partial charge is 0.458 e. The second kappa shape index (κ2) is 4.89. The van der Waals surface area contributed by atoms with Crippen LogP contribution in [-0.4, -0.2) is 7.05 Å². The van der Waals surface area contributed by atoms with E-state index in [1.807, 2.05) is 19.2 Å². The van der Waals surface area contributed by atoms with Crippen molar-refractivity contribution < 1.29 is 4.42 Å². The van der Waals surface area contributed by atoms with Crippen LogP contribution in [0, 0.1) is 0 Å². The van der Waals surface area contributed by atoms with Gasteiger partial charge < -0.3 is 9.73 Å². The van der Waals surface area contributed by atoms with Gasteiger partial charge >= 0.3 is 0 Å². The summed E-state index contributed by atoms with van der Waals surface area (Å²) in [4.78, 5) is 0. The minimum atomic E-state index is 0.386. The monoisotopic (exact) mass is 271 g/mol. The van der Waals surface area contributed by atoms with Gasteiger partial charge in [0.15, 0.2) is 5.58 Å². The lowest BCUT2D eigenvalue weighted by molar-refractivity contribution is 0.520. The van der Waals surface area contributed by atoms with Crippen LogP contribution in [0.25, 0.3) is 11.0 Å². The number of hydrogen-bond donors (Lipinski definition) is 1. The first-order chi connectivity index (χ1) is 8.06. The van der Waals surface area contributed by atoms with Gasteiger partial charge in [0.1, 0.15) is 10.8 Å². The molecule has 0 saturated heterocycles. The van der Waals surface area contributed by atoms with Gasteiger partial charge in [-0.15, -0.1) is 0 Å². The molecule has 1 aromatic carbocycles. The van der Waals surface area contributed by atoms with E-state index < -0.39 is 0 Å². The summed E-state index contributed by atoms with van der Waals surface area (Å²) < 4.78 is 5.83. The lowest BCUT2D eigenvalue weighted by atomic mass is 9.99. The second-order valence-electron chi connectivity index (χ2n) is 4.36. The van der Waals surface area contributed by atoms with Crippen molar-refractivity contribution in [1.29, 1.82) is 0 Å². The Morgan fingerprint density at radius 2 is 2.00 bits per heavy atom. The maximum atomic E-state index is 6.17. The van der Waals surface area contributed by atoms with Crippen molar-refractivity contribution in [3.63, 3.8) is 0 Å². The number of furan rings is 1. The van der Waals surface area contributed by atoms with Gasteiger partial charge in [-0.3, -0.25) is 0 Å². The van der Waals surface area contributed by atoms with E-state index in [0.29, 0.717) is 28.1 Å². The van der Waals surface area contributed by atoms with Crippen LogP contribution in [0.4, 0.5) is 0 Å². The first-order valence-corrected chi connectivity index (χ1v) is 6.35. The highest BCUT2D eigenvalue weighted by atomic mass is 35.5. The standard InChI is InChI=1S/C13H15Cl2NO/c1-7(2)11-8-4-5-9(14)12(15)13(8)17-10(11)6-16-3/h4-5,7,16H,6H2,1-3H3. The van der Waals surface area contributed by atoms with Gasteiger partial charge in [0.2, 0.25) is 0 Å². The summed E-state index contributed by atoms with van der Waals surface area (Å²) in [6.45, 7) is 4.98. The van der Waals surface area contributed by atoms with Gasteiger partial charge in [0.05, 0.1) is 11.6 Å². The van der Waals surface area contributed by atoms with Crippen molar-refractivity contribution in [3.8, 4) is 0 Å². The number of rotatable bonds is 3. The zero-order valence-corrected chi connectivity index (χ0v) is 11.6. The summed E-state index contributed by atoms with van der Waals surface area (Å²) in [5.41, 5.74) is 1.89. The lowest BCUT2D eigenvalue weighted by Crippen LogP contribution is -2.06. The summed E-state index contributed by atoms with van der Waals surface area (Å²) in [6.07, 6.45) is 0. The maximum Gasteiger partial charge on any atom is 0.154 e. The van der Waals surface area contributed by atoms with Gasteiger partial charge in [-0.2, -0.15) is 0 Å². The van der Waals surface area contributed by atoms with Crippen LogP contribution in [0.15, 0.2) is 16.5 Å². The summed E-state index contributed by atoms with van der Waals surface area (Å²) in [5.74, 6) is 1.32. The van der Waals surface area contributed by atoms with Crippen LogP contribution in [-0.2, 0) is 6.54 Å². The Morgan fingerprint density at radius 1 is 1.29 bits per heavy atom. The molecule has 0 aliphatic heterocycles. The first kappa shape index (κ1) is 12.7. The fourth-order valence-electron chi connectivity index (χ4n) is 2.10. The molecule has 2 nitrogen and oxygen atoms in total. The molecule has 92 valence electrons. The number of nitrogens with one attached hydrogen (secondary N) is 1. The van der Waals surface area contributed by atoms with E-state index in [2.05, 4.69) is 19.2 Å². The Kier molecular flexibility index (Phi) is 3.67. The fraction of sp³-hybridized carbons (Fsp3) is 0.385. The minimum Gasteiger partial charge on any atom is -0.458 e. The highest BCUT2D eigenvalue weighted by Crippen LogP contribution is 2.38. The molecule has 1 heterocycles. The second-order valence-corrected chi connectivity index (χ2v) is 5.15. The lowest BCUT2D eigenvalue weighted by Gasteiger charge is -2.05. The van der Waals surface area contributed by atoms with E-state index in [1.54, 1.807) is 0 Å². The first-order valence-electron chi connectivity index (χ1n) is 5.60. The van der Waals surface area contributed by atoms with Gasteiger partial charge in [-0.25, -0.2) is 0 Å². The minimum absolute atomic E-state index is 0.386. The van der Waals surface area contributed by atoms with E-state index in [-0.39, 0.29) is 0 Å². The van der Waals surface area contributed by atoms with Crippen molar-refractivity contribution >= 4 is 34.2 Å². The molecule has 0 unspecified atom stereocenters. The summed E-state index contributed by atoms with van der Waals surface area (Å²) in [6, 6.07) is 3.79. The predicted octanol–water partition coefficient (Wildman–Crippen LogP) is 4.58. The molecule has 0 saturated carbocycles. The van der Waals surface area contributed by atoms with Crippen molar-refractivity contribution in [2.75, 3.05) is 7.05 Å². The number of halogens is 2. The molecule has 0 bridgehead atoms. The summed E-state index contributed by atoms with van der Waals surface area (Å²) in [7, 11) is 1.89. The third-order valence-corrected chi connectivity index (χ3v) is 3.57. The van der Waals surface area contributed by atoms with Crippen LogP contribution < -0.4 is 5.32 Å². The Balaban J connectivity index is 2.74. The Bertz CT molecular complexity index is 546. The molecule has 1 N–H and O–H groups in total. The van der Waals surface area contributed by atoms with Crippen LogP contribution in [0.2, 0.25) is 10.0 Å². The third-order valence-electron chi connectivity index (χ3n) is 2.78. The van der Waals surface area contributed by atoms with E-state index in [4.69, 9.17) is 27.6 Å². The molecular weight excluding hydrogens is 257 g/mol. The molecular formula is C13H15Cl2NO. The topological polar surface area (TPSA) is 25.2 Å². The molecule has 17 heavy (non-hydrogen) atoms. The number of hydrogen-bond acceptors (Lipinski definition) is 2. The zero-order valence-electron chi connectivity index (χ0n) is 10.1. The van der Waals surface area contributed by atoms with Crippen molar-refractivity contribution in [3.05, 3.63) is 33.5 Å². The smallest absolute Gasteiger partial charge is 0.154 e. The van der Waals surface area contributed by atoms with Gasteiger partial charge in [-0.1, -0.05) is 37.0 Å². The Hall–Kier alpha value is -0.700. The third kappa shape index (κ3) is 2.17. The number of fused-ring (bicyclic) bond motifs is 1. The van der Waals surface area contributed by atoms with Crippen molar-refractivity contribution in [2.24, 2.45) is 0 Å². The molecule has 2 rings (SSSR count). The average Bonchev–Trinajstić information content (AvgIpc) is 2.63. The highest BCUT2D eigenvalue weighted by Gasteiger charge is 2.19. The number of benzene rings is 1. The highest BCUT2D eigenvalue weighted by molar-refractivity contribution is 6.44. The van der Waals surface area contributed by atoms with Crippen LogP contribution >= 0.6 is 23.2 Å². The molecule has 0 aliphatic rings. The molecule has 0 spiro atoms. The summed E-state index contributed by atoms with van der Waals surface area (Å²) >= 11 is 12.2. The van der Waals surface area contributed by atoms with Crippen LogP contribution in [0.5, 0.6) is 0 Å². The van der Waals surface area contributed by atoms with Crippen molar-refractivity contribution in [2.45, 2.75) is 26.3 Å².